The van der Waals surface area contributed by atoms with Crippen LogP contribution in [0.25, 0.3) is 21.5 Å². The van der Waals surface area contributed by atoms with Crippen LogP contribution in [0.4, 0.5) is 11.6 Å². The number of aliphatic imine (C=N–C) groups is 4. The summed E-state index contributed by atoms with van der Waals surface area (Å²) in [6.45, 7) is 43.7. The molecule has 8 unspecified atom stereocenters. The van der Waals surface area contributed by atoms with Gasteiger partial charge in [-0.3, -0.25) is 0 Å². The van der Waals surface area contributed by atoms with Crippen LogP contribution in [0.2, 0.25) is 0 Å². The number of hydrogen-bond acceptors (Lipinski definition) is 16. The van der Waals surface area contributed by atoms with Gasteiger partial charge >= 0.3 is 682 Å². The molecule has 6 heterocycles. The molecule has 6 bridgehead atoms. The van der Waals surface area contributed by atoms with E-state index >= 15 is 0 Å². The average Bonchev–Trinajstić information content (AvgIpc) is 1.54. The molecule has 120 heavy (non-hydrogen) atoms. The third-order valence-electron chi connectivity index (χ3n) is 25.7. The fourth-order valence-electron chi connectivity index (χ4n) is 17.0. The Morgan fingerprint density at radius 3 is 0.733 bits per heavy atom. The van der Waals surface area contributed by atoms with Crippen LogP contribution in [0, 0.1) is 47.3 Å². The zero-order chi connectivity index (χ0) is 85.6. The first-order valence-corrected chi connectivity index (χ1v) is 52.3. The molecule has 0 saturated heterocycles. The second kappa shape index (κ2) is 48.7. The van der Waals surface area contributed by atoms with E-state index in [-0.39, 0.29) is 5.78 Å². The van der Waals surface area contributed by atoms with Crippen LogP contribution < -0.4 is 48.9 Å². The van der Waals surface area contributed by atoms with Gasteiger partial charge in [0.2, 0.25) is 0 Å². The molecular weight excluding hydrogens is 1600 g/mol. The van der Waals surface area contributed by atoms with Crippen LogP contribution in [0.1, 0.15) is 352 Å². The van der Waals surface area contributed by atoms with Crippen LogP contribution in [-0.4, -0.2) is 110 Å². The van der Waals surface area contributed by atoms with Gasteiger partial charge in [-0.15, -0.1) is 0 Å². The summed E-state index contributed by atoms with van der Waals surface area (Å²) >= 11 is -5.02. The van der Waals surface area contributed by atoms with Crippen molar-refractivity contribution in [1.29, 1.82) is 0 Å². The molecule has 4 aliphatic rings. The number of fused-ring (bicyclic) bond motifs is 14. The van der Waals surface area contributed by atoms with E-state index in [1.807, 2.05) is 6.92 Å². The zero-order valence-corrected chi connectivity index (χ0v) is 80.6. The summed E-state index contributed by atoms with van der Waals surface area (Å²) in [5.41, 5.74) is 4.03. The van der Waals surface area contributed by atoms with Gasteiger partial charge in [-0.1, -0.05) is 53.4 Å². The van der Waals surface area contributed by atoms with E-state index in [1.54, 1.807) is 13.0 Å². The van der Waals surface area contributed by atoms with Crippen LogP contribution >= 0.6 is 0 Å². The second-order valence-electron chi connectivity index (χ2n) is 35.0. The Labute approximate surface area is 730 Å². The van der Waals surface area contributed by atoms with E-state index in [0.29, 0.717) is 198 Å². The number of unbranched alkanes of at least 4 members (excludes halogenated alkanes) is 8. The minimum atomic E-state index is -5.02. The van der Waals surface area contributed by atoms with Gasteiger partial charge in [-0.25, -0.2) is 0 Å². The van der Waals surface area contributed by atoms with Crippen LogP contribution in [0.15, 0.2) is 90.3 Å². The van der Waals surface area contributed by atoms with Crippen molar-refractivity contribution in [3.8, 4) is 46.0 Å². The Balaban J connectivity index is 1.43. The van der Waals surface area contributed by atoms with Gasteiger partial charge in [0.25, 0.3) is 0 Å². The van der Waals surface area contributed by atoms with E-state index in [4.69, 9.17) is 70.7 Å². The Kier molecular flexibility index (Phi) is 38.5. The molecule has 0 radical (unpaired) electrons. The molecule has 4 aliphatic heterocycles. The summed E-state index contributed by atoms with van der Waals surface area (Å²) in [4.78, 5) is 49.7. The average molecular weight is 1750 g/mol. The second-order valence-corrected chi connectivity index (χ2v) is 40.5. The van der Waals surface area contributed by atoms with Crippen molar-refractivity contribution in [2.75, 3.05) is 52.9 Å². The van der Waals surface area contributed by atoms with Crippen molar-refractivity contribution in [2.24, 2.45) is 77.3 Å². The zero-order valence-electron chi connectivity index (χ0n) is 77.3. The van der Waals surface area contributed by atoms with Gasteiger partial charge in [0.05, 0.1) is 0 Å². The van der Waals surface area contributed by atoms with Gasteiger partial charge in [0.15, 0.2) is 0 Å². The summed E-state index contributed by atoms with van der Waals surface area (Å²) in [5, 5.41) is 2.97. The number of rotatable bonds is 59. The molecule has 8 atom stereocenters. The van der Waals surface area contributed by atoms with Gasteiger partial charge < -0.3 is 0 Å². The number of aromatic nitrogens is 2. The molecule has 0 amide bonds. The first-order valence-electron chi connectivity index (χ1n) is 48.0. The van der Waals surface area contributed by atoms with Crippen molar-refractivity contribution < 1.29 is 45.5 Å². The molecule has 19 heteroatoms. The molecule has 2 aromatic heterocycles. The Hall–Kier alpha value is -7.28. The van der Waals surface area contributed by atoms with E-state index in [9.17, 15) is 4.79 Å². The third kappa shape index (κ3) is 24.6. The maximum atomic E-state index is 13.9. The Bertz CT molecular complexity index is 4330. The first-order chi connectivity index (χ1) is 58.5. The van der Waals surface area contributed by atoms with Crippen molar-refractivity contribution in [3.63, 3.8) is 0 Å². The SMILES string of the molecule is CCCCC(CC)COc1cc2c(cc1OCC(CC)CCCC)C1=Nc3c4cc(OCC(CC)CCCC)c(OCC(CC)CCCC)cc4c4[n]3[In]([O]/C(C)=C/C(C)=O)[n]3c(c5cc(OCC(CC)CCCC)c(OCC(CC)CCCC)cc5c3=NC3=NC(=N4)c4cc(OCC(CC)CCCC)c(OCC(CC)CCCC)cc43)=NC2=N1. The molecule has 0 spiro atoms. The summed E-state index contributed by atoms with van der Waals surface area (Å²) in [5.74, 6) is 10.6. The molecule has 0 fully saturated rings. The maximum absolute atomic E-state index is 13.9. The number of nitrogens with zero attached hydrogens (tertiary/aromatic N) is 8. The van der Waals surface area contributed by atoms with Gasteiger partial charge in [-0.05, 0) is 0 Å². The molecular formula is C101H151InN8O10. The van der Waals surface area contributed by atoms with Gasteiger partial charge in [-0.2, -0.15) is 0 Å². The summed E-state index contributed by atoms with van der Waals surface area (Å²) in [6.07, 6.45) is 35.4. The van der Waals surface area contributed by atoms with Gasteiger partial charge in [0.1, 0.15) is 0 Å². The Morgan fingerprint density at radius 1 is 0.300 bits per heavy atom. The predicted octanol–water partition coefficient (Wildman–Crippen LogP) is 26.2. The molecule has 10 rings (SSSR count). The number of ketones is 1. The van der Waals surface area contributed by atoms with Crippen molar-refractivity contribution in [1.82, 2.24) is 5.11 Å². The van der Waals surface area contributed by atoms with Crippen LogP contribution in [0.5, 0.6) is 46.0 Å². The number of ether oxygens (including phenoxy) is 8. The standard InChI is InChI=1S/C96H144N8O8.C5H8O2.In/c1-17-33-41-65(25-9)57-105-81-49-73-74(50-82(81)106-58-66(26-10)42-34-18-2)90-97-89(73)101-91-75-51-83(107-59-67(27-11)43-35-19-3)84(108-60-68(28-12)44-36-20-4)52-76(75)93(98-91)103-95-79-55-87(111-63-71(31-15)47-39-23-7)88(112-64-72(32-16)48-40-24-8)56-80(79)96(100-95)104-94-78-54-86(110-62-70(30-14)46-38-22-6)85(53-77(78)92(99-94)102-90)109-61-69(29-13)45-37-21-5;1-4(6)3-5(2)7;/h49-56,65-72H,17-48,57-64H2,1-16H3;3,6H,1-2H3;/q-2;;+3/p-1/b;4-3+;. The van der Waals surface area contributed by atoms with E-state index in [1.165, 1.54) is 0 Å². The monoisotopic (exact) mass is 1750 g/mol. The topological polar surface area (TPSA) is 184 Å². The molecule has 0 aliphatic carbocycles. The number of carbonyl (C=O) groups excluding carboxylic acids is 1. The molecule has 6 aromatic rings. The number of benzene rings is 4. The van der Waals surface area contributed by atoms with E-state index < -0.39 is 22.4 Å². The number of hydrogen-bond donors (Lipinski definition) is 0. The van der Waals surface area contributed by atoms with Crippen molar-refractivity contribution in [2.45, 2.75) is 330 Å². The summed E-state index contributed by atoms with van der Waals surface area (Å²) in [7, 11) is 0. The molecule has 18 nitrogen and oxygen atoms in total. The fraction of sp³-hybridized carbons (Fsp3) is 0.653. The number of allylic oxidation sites excluding steroid dienone is 2. The number of amidine groups is 4. The van der Waals surface area contributed by atoms with Crippen LogP contribution in [-0.2, 0) is 7.65 Å². The first kappa shape index (κ1) is 95.0. The molecule has 0 N–H and O–H groups in total. The predicted molar refractivity (Wildman–Crippen MR) is 497 cm³/mol. The molecule has 4 aromatic carbocycles. The molecule has 658 valence electrons. The normalized spacial score (nSPS) is 15.4. The minimum absolute atomic E-state index is 0.157. The third-order valence-corrected chi connectivity index (χ3v) is 32.7. The van der Waals surface area contributed by atoms with Crippen molar-refractivity contribution in [3.05, 3.63) is 93.6 Å². The molecule has 0 saturated carbocycles. The quantitative estimate of drug-likeness (QED) is 0.0263. The van der Waals surface area contributed by atoms with Crippen LogP contribution in [0.3, 0.4) is 0 Å². The van der Waals surface area contributed by atoms with Gasteiger partial charge in [0, 0.05) is 0 Å². The summed E-state index contributed by atoms with van der Waals surface area (Å²) < 4.78 is 70.6. The van der Waals surface area contributed by atoms with E-state index in [2.05, 4.69) is 164 Å². The number of carbonyl (C=O) groups is 1. The Morgan fingerprint density at radius 2 is 0.517 bits per heavy atom. The van der Waals surface area contributed by atoms with E-state index in [0.717, 1.165) is 249 Å². The summed E-state index contributed by atoms with van der Waals surface area (Å²) in [6, 6.07) is 17.0. The van der Waals surface area contributed by atoms with Crippen molar-refractivity contribution >= 4 is 84.8 Å². The fourth-order valence-corrected chi connectivity index (χ4v) is 24.0.